The number of carbonyl (C=O) groups is 1. The number of methoxy groups -OCH3 is 1. The van der Waals surface area contributed by atoms with Crippen molar-refractivity contribution in [1.82, 2.24) is 24.6 Å². The number of anilines is 1. The van der Waals surface area contributed by atoms with Crippen LogP contribution in [0.3, 0.4) is 0 Å². The zero-order chi connectivity index (χ0) is 22.8. The molecule has 1 aliphatic heterocycles. The minimum atomic E-state index is -0.382. The molecule has 0 radical (unpaired) electrons. The third-order valence-electron chi connectivity index (χ3n) is 5.71. The number of morpholine rings is 1. The first-order chi connectivity index (χ1) is 15.4. The van der Waals surface area contributed by atoms with E-state index in [0.717, 1.165) is 28.3 Å². The first-order valence-electron chi connectivity index (χ1n) is 10.5. The van der Waals surface area contributed by atoms with Gasteiger partial charge in [0.25, 0.3) is 5.91 Å². The van der Waals surface area contributed by atoms with E-state index in [2.05, 4.69) is 10.1 Å². The number of carbonyl (C=O) groups excluding carboxylic acids is 1. The lowest BCUT2D eigenvalue weighted by atomic mass is 10.0. The van der Waals surface area contributed by atoms with Gasteiger partial charge >= 0.3 is 0 Å². The number of aryl methyl sites for hydroxylation is 1. The summed E-state index contributed by atoms with van der Waals surface area (Å²) < 4.78 is 13.2. The fraction of sp³-hybridized carbons (Fsp3) is 0.391. The van der Waals surface area contributed by atoms with Gasteiger partial charge in [0, 0.05) is 45.1 Å². The van der Waals surface area contributed by atoms with Crippen LogP contribution in [0.5, 0.6) is 5.75 Å². The van der Waals surface area contributed by atoms with Crippen LogP contribution in [-0.4, -0.2) is 71.5 Å². The van der Waals surface area contributed by atoms with Crippen molar-refractivity contribution in [3.8, 4) is 16.9 Å². The van der Waals surface area contributed by atoms with E-state index in [9.17, 15) is 4.79 Å². The van der Waals surface area contributed by atoms with Crippen molar-refractivity contribution in [2.24, 2.45) is 7.05 Å². The number of amides is 1. The highest BCUT2D eigenvalue weighted by molar-refractivity contribution is 5.95. The normalized spacial score (nSPS) is 16.2. The molecule has 1 saturated heterocycles. The summed E-state index contributed by atoms with van der Waals surface area (Å²) in [7, 11) is 7.26. The lowest BCUT2D eigenvalue weighted by Crippen LogP contribution is -2.42. The topological polar surface area (TPSA) is 85.6 Å². The van der Waals surface area contributed by atoms with Gasteiger partial charge in [0.1, 0.15) is 11.9 Å². The zero-order valence-electron chi connectivity index (χ0n) is 19.1. The van der Waals surface area contributed by atoms with Crippen LogP contribution in [-0.2, 0) is 11.8 Å². The third-order valence-corrected chi connectivity index (χ3v) is 5.71. The molecule has 1 amide bonds. The minimum Gasteiger partial charge on any atom is -0.497 e. The SMILES string of the molecule is COc1cccc(-c2cnc(N(C)C)nc2[C@H]2CN(C(=O)c3cnn(C)c3C)CCO2)c1. The van der Waals surface area contributed by atoms with Gasteiger partial charge < -0.3 is 19.3 Å². The Morgan fingerprint density at radius 2 is 2.09 bits per heavy atom. The van der Waals surface area contributed by atoms with Crippen LogP contribution in [0.15, 0.2) is 36.7 Å². The average molecular weight is 437 g/mol. The molecule has 168 valence electrons. The minimum absolute atomic E-state index is 0.0475. The van der Waals surface area contributed by atoms with E-state index in [-0.39, 0.29) is 12.0 Å². The Labute approximate surface area is 187 Å². The van der Waals surface area contributed by atoms with Gasteiger partial charge in [0.2, 0.25) is 5.95 Å². The van der Waals surface area contributed by atoms with Crippen LogP contribution in [0.2, 0.25) is 0 Å². The molecule has 0 bridgehead atoms. The molecule has 2 aromatic heterocycles. The number of rotatable bonds is 5. The molecule has 4 rings (SSSR count). The molecule has 1 fully saturated rings. The molecule has 0 spiro atoms. The van der Waals surface area contributed by atoms with Gasteiger partial charge in [-0.05, 0) is 24.6 Å². The number of aromatic nitrogens is 4. The summed E-state index contributed by atoms with van der Waals surface area (Å²) in [5.74, 6) is 1.29. The maximum atomic E-state index is 13.2. The number of benzene rings is 1. The third kappa shape index (κ3) is 4.16. The van der Waals surface area contributed by atoms with Gasteiger partial charge in [-0.15, -0.1) is 0 Å². The second kappa shape index (κ2) is 8.96. The Balaban J connectivity index is 1.70. The molecule has 0 N–H and O–H groups in total. The highest BCUT2D eigenvalue weighted by atomic mass is 16.5. The molecule has 1 aromatic carbocycles. The molecular weight excluding hydrogens is 408 g/mol. The smallest absolute Gasteiger partial charge is 0.257 e. The molecule has 1 aliphatic rings. The van der Waals surface area contributed by atoms with Crippen molar-refractivity contribution < 1.29 is 14.3 Å². The summed E-state index contributed by atoms with van der Waals surface area (Å²) >= 11 is 0. The summed E-state index contributed by atoms with van der Waals surface area (Å²) in [6.07, 6.45) is 3.05. The summed E-state index contributed by atoms with van der Waals surface area (Å²) in [6, 6.07) is 7.76. The van der Waals surface area contributed by atoms with Crippen molar-refractivity contribution in [2.45, 2.75) is 13.0 Å². The molecule has 9 heteroatoms. The second-order valence-electron chi connectivity index (χ2n) is 7.97. The van der Waals surface area contributed by atoms with Crippen LogP contribution >= 0.6 is 0 Å². The maximum Gasteiger partial charge on any atom is 0.257 e. The predicted molar refractivity (Wildman–Crippen MR) is 121 cm³/mol. The van der Waals surface area contributed by atoms with E-state index in [1.165, 1.54) is 0 Å². The van der Waals surface area contributed by atoms with E-state index in [0.29, 0.717) is 31.2 Å². The summed E-state index contributed by atoms with van der Waals surface area (Å²) in [5.41, 5.74) is 3.98. The number of ether oxygens (including phenoxy) is 2. The molecule has 3 heterocycles. The van der Waals surface area contributed by atoms with Crippen molar-refractivity contribution >= 4 is 11.9 Å². The number of nitrogens with zero attached hydrogens (tertiary/aromatic N) is 6. The second-order valence-corrected chi connectivity index (χ2v) is 7.97. The molecular formula is C23H28N6O3. The van der Waals surface area contributed by atoms with Crippen molar-refractivity contribution in [2.75, 3.05) is 45.8 Å². The molecule has 0 unspecified atom stereocenters. The lowest BCUT2D eigenvalue weighted by molar-refractivity contribution is -0.0244. The van der Waals surface area contributed by atoms with Gasteiger partial charge in [-0.25, -0.2) is 9.97 Å². The van der Waals surface area contributed by atoms with E-state index < -0.39 is 0 Å². The average Bonchev–Trinajstić information content (AvgIpc) is 3.16. The summed E-state index contributed by atoms with van der Waals surface area (Å²) in [6.45, 7) is 3.24. The monoisotopic (exact) mass is 436 g/mol. The maximum absolute atomic E-state index is 13.2. The number of hydrogen-bond donors (Lipinski definition) is 0. The van der Waals surface area contributed by atoms with Gasteiger partial charge in [-0.3, -0.25) is 9.48 Å². The van der Waals surface area contributed by atoms with Crippen molar-refractivity contribution in [3.05, 3.63) is 53.6 Å². The number of hydrogen-bond acceptors (Lipinski definition) is 7. The van der Waals surface area contributed by atoms with E-state index in [4.69, 9.17) is 14.5 Å². The van der Waals surface area contributed by atoms with Gasteiger partial charge in [0.15, 0.2) is 0 Å². The predicted octanol–water partition coefficient (Wildman–Crippen LogP) is 2.47. The molecule has 0 saturated carbocycles. The highest BCUT2D eigenvalue weighted by Gasteiger charge is 2.31. The van der Waals surface area contributed by atoms with Gasteiger partial charge in [-0.2, -0.15) is 5.10 Å². The van der Waals surface area contributed by atoms with Crippen LogP contribution in [0.1, 0.15) is 27.8 Å². The van der Waals surface area contributed by atoms with Crippen LogP contribution in [0.25, 0.3) is 11.1 Å². The largest absolute Gasteiger partial charge is 0.497 e. The first kappa shape index (κ1) is 21.8. The standard InChI is InChI=1S/C23H28N6O3/c1-15-18(13-25-28(15)4)22(30)29-9-10-32-20(14-29)21-19(12-24-23(26-21)27(2)3)16-7-6-8-17(11-16)31-5/h6-8,11-13,20H,9-10,14H2,1-5H3/t20-/m1/s1. The molecule has 3 aromatic rings. The Morgan fingerprint density at radius 3 is 2.78 bits per heavy atom. The van der Waals surface area contributed by atoms with Gasteiger partial charge in [-0.1, -0.05) is 12.1 Å². The van der Waals surface area contributed by atoms with E-state index in [1.807, 2.05) is 68.3 Å². The quantitative estimate of drug-likeness (QED) is 0.607. The molecule has 0 aliphatic carbocycles. The Bertz CT molecular complexity index is 1130. The molecule has 1 atom stereocenters. The molecule has 32 heavy (non-hydrogen) atoms. The Morgan fingerprint density at radius 1 is 1.28 bits per heavy atom. The van der Waals surface area contributed by atoms with Crippen molar-refractivity contribution in [3.63, 3.8) is 0 Å². The van der Waals surface area contributed by atoms with E-state index in [1.54, 1.807) is 18.0 Å². The summed E-state index contributed by atoms with van der Waals surface area (Å²) in [5, 5.41) is 4.21. The Hall–Kier alpha value is -3.46. The highest BCUT2D eigenvalue weighted by Crippen LogP contribution is 2.33. The lowest BCUT2D eigenvalue weighted by Gasteiger charge is -2.33. The van der Waals surface area contributed by atoms with Crippen LogP contribution in [0, 0.1) is 6.92 Å². The first-order valence-corrected chi connectivity index (χ1v) is 10.5. The van der Waals surface area contributed by atoms with E-state index >= 15 is 0 Å². The van der Waals surface area contributed by atoms with Crippen LogP contribution in [0.4, 0.5) is 5.95 Å². The van der Waals surface area contributed by atoms with Crippen LogP contribution < -0.4 is 9.64 Å². The van der Waals surface area contributed by atoms with Crippen molar-refractivity contribution in [1.29, 1.82) is 0 Å². The zero-order valence-corrected chi connectivity index (χ0v) is 19.1. The molecule has 9 nitrogen and oxygen atoms in total. The Kier molecular flexibility index (Phi) is 6.09. The van der Waals surface area contributed by atoms with Gasteiger partial charge in [0.05, 0.1) is 37.7 Å². The fourth-order valence-electron chi connectivity index (χ4n) is 3.74. The fourth-order valence-corrected chi connectivity index (χ4v) is 3.74. The summed E-state index contributed by atoms with van der Waals surface area (Å²) in [4.78, 5) is 26.2.